The Balaban J connectivity index is 2.26. The molecule has 2 heterocycles. The summed E-state index contributed by atoms with van der Waals surface area (Å²) in [5.74, 6) is 2.81. The maximum absolute atomic E-state index is 6.39. The Morgan fingerprint density at radius 2 is 2.35 bits per heavy atom. The monoisotopic (exact) mass is 252 g/mol. The van der Waals surface area contributed by atoms with Gasteiger partial charge < -0.3 is 11.5 Å². The van der Waals surface area contributed by atoms with E-state index in [4.69, 9.17) is 11.5 Å². The first-order valence-corrected chi connectivity index (χ1v) is 7.01. The highest BCUT2D eigenvalue weighted by Crippen LogP contribution is 2.29. The van der Waals surface area contributed by atoms with Crippen LogP contribution < -0.4 is 11.5 Å². The van der Waals surface area contributed by atoms with Crippen molar-refractivity contribution in [2.75, 3.05) is 30.8 Å². The quantitative estimate of drug-likeness (QED) is 0.822. The molecule has 1 fully saturated rings. The van der Waals surface area contributed by atoms with Crippen molar-refractivity contribution in [3.8, 4) is 0 Å². The lowest BCUT2D eigenvalue weighted by Crippen LogP contribution is -2.46. The molecule has 94 valence electrons. The normalized spacial score (nSPS) is 23.6. The van der Waals surface area contributed by atoms with Gasteiger partial charge in [-0.25, -0.2) is 4.98 Å². The first-order chi connectivity index (χ1) is 8.11. The molecule has 2 rings (SSSR count). The third kappa shape index (κ3) is 2.56. The number of likely N-dealkylation sites (N-methyl/N-ethyl adjacent to an activating group) is 1. The molecular formula is C12H20N4S. The molecule has 1 aromatic heterocycles. The average molecular weight is 252 g/mol. The minimum atomic E-state index is -0.0542. The summed E-state index contributed by atoms with van der Waals surface area (Å²) in [6.07, 6.45) is 1.74. The average Bonchev–Trinajstić information content (AvgIpc) is 2.29. The van der Waals surface area contributed by atoms with Gasteiger partial charge in [0, 0.05) is 41.9 Å². The van der Waals surface area contributed by atoms with E-state index in [1.165, 1.54) is 5.75 Å². The van der Waals surface area contributed by atoms with Crippen LogP contribution in [0.25, 0.3) is 0 Å². The third-order valence-electron chi connectivity index (χ3n) is 3.43. The molecule has 2 atom stereocenters. The lowest BCUT2D eigenvalue weighted by atomic mass is 9.97. The van der Waals surface area contributed by atoms with Crippen LogP contribution in [0.3, 0.4) is 0 Å². The summed E-state index contributed by atoms with van der Waals surface area (Å²) in [5.41, 5.74) is 14.5. The van der Waals surface area contributed by atoms with Crippen molar-refractivity contribution in [3.63, 3.8) is 0 Å². The smallest absolute Gasteiger partial charge is 0.128 e. The molecule has 4 nitrogen and oxygen atoms in total. The van der Waals surface area contributed by atoms with E-state index in [1.54, 1.807) is 6.20 Å². The first kappa shape index (κ1) is 12.7. The lowest BCUT2D eigenvalue weighted by Gasteiger charge is -2.36. The Bertz CT molecular complexity index is 376. The van der Waals surface area contributed by atoms with Gasteiger partial charge >= 0.3 is 0 Å². The highest BCUT2D eigenvalue weighted by molar-refractivity contribution is 7.99. The Kier molecular flexibility index (Phi) is 3.91. The van der Waals surface area contributed by atoms with E-state index >= 15 is 0 Å². The molecule has 1 saturated heterocycles. The molecular weight excluding hydrogens is 232 g/mol. The molecule has 17 heavy (non-hydrogen) atoms. The fourth-order valence-corrected chi connectivity index (χ4v) is 3.59. The minimum absolute atomic E-state index is 0.0542. The van der Waals surface area contributed by atoms with Gasteiger partial charge in [0.25, 0.3) is 0 Å². The Morgan fingerprint density at radius 1 is 1.59 bits per heavy atom. The van der Waals surface area contributed by atoms with Gasteiger partial charge in [-0.1, -0.05) is 0 Å². The second-order valence-electron chi connectivity index (χ2n) is 4.58. The SMILES string of the molecule is Cc1ccnc(N)c1C(N)C1CSCCN1C. The number of nitrogen functional groups attached to an aromatic ring is 1. The predicted molar refractivity (Wildman–Crippen MR) is 74.1 cm³/mol. The summed E-state index contributed by atoms with van der Waals surface area (Å²) in [5, 5.41) is 0. The van der Waals surface area contributed by atoms with Gasteiger partial charge in [0.05, 0.1) is 0 Å². The third-order valence-corrected chi connectivity index (χ3v) is 4.48. The number of hydrogen-bond acceptors (Lipinski definition) is 5. The number of aromatic nitrogens is 1. The van der Waals surface area contributed by atoms with E-state index < -0.39 is 0 Å². The summed E-state index contributed by atoms with van der Waals surface area (Å²) >= 11 is 1.96. The van der Waals surface area contributed by atoms with Gasteiger partial charge in [0.2, 0.25) is 0 Å². The zero-order valence-electron chi connectivity index (χ0n) is 10.4. The Morgan fingerprint density at radius 3 is 3.00 bits per heavy atom. The number of hydrogen-bond donors (Lipinski definition) is 2. The van der Waals surface area contributed by atoms with Gasteiger partial charge in [-0.3, -0.25) is 4.90 Å². The number of anilines is 1. The van der Waals surface area contributed by atoms with Crippen LogP contribution in [0.4, 0.5) is 5.82 Å². The highest BCUT2D eigenvalue weighted by atomic mass is 32.2. The Labute approximate surface area is 107 Å². The number of rotatable bonds is 2. The molecule has 2 unspecified atom stereocenters. The molecule has 0 aromatic carbocycles. The van der Waals surface area contributed by atoms with Crippen molar-refractivity contribution < 1.29 is 0 Å². The molecule has 0 spiro atoms. The van der Waals surface area contributed by atoms with Crippen LogP contribution in [-0.4, -0.2) is 41.0 Å². The zero-order chi connectivity index (χ0) is 12.4. The van der Waals surface area contributed by atoms with Gasteiger partial charge in [0.15, 0.2) is 0 Å². The van der Waals surface area contributed by atoms with Crippen molar-refractivity contribution in [3.05, 3.63) is 23.4 Å². The van der Waals surface area contributed by atoms with Crippen molar-refractivity contribution in [1.29, 1.82) is 0 Å². The van der Waals surface area contributed by atoms with Crippen LogP contribution in [0.5, 0.6) is 0 Å². The van der Waals surface area contributed by atoms with Gasteiger partial charge in [-0.2, -0.15) is 11.8 Å². The number of nitrogens with two attached hydrogens (primary N) is 2. The van der Waals surface area contributed by atoms with E-state index in [0.29, 0.717) is 11.9 Å². The van der Waals surface area contributed by atoms with E-state index in [1.807, 2.05) is 24.8 Å². The second-order valence-corrected chi connectivity index (χ2v) is 5.73. The van der Waals surface area contributed by atoms with Crippen LogP contribution in [0.2, 0.25) is 0 Å². The van der Waals surface area contributed by atoms with Crippen LogP contribution in [0.15, 0.2) is 12.3 Å². The summed E-state index contributed by atoms with van der Waals surface area (Å²) in [6.45, 7) is 3.13. The number of aryl methyl sites for hydroxylation is 1. The summed E-state index contributed by atoms with van der Waals surface area (Å²) in [4.78, 5) is 6.48. The number of pyridine rings is 1. The zero-order valence-corrected chi connectivity index (χ0v) is 11.2. The van der Waals surface area contributed by atoms with Gasteiger partial charge in [-0.15, -0.1) is 0 Å². The number of thioether (sulfide) groups is 1. The molecule has 0 amide bonds. The standard InChI is InChI=1S/C12H20N4S/c1-8-3-4-15-12(14)10(8)11(13)9-7-17-6-5-16(9)2/h3-4,9,11H,5-7,13H2,1-2H3,(H2,14,15). The molecule has 0 bridgehead atoms. The maximum atomic E-state index is 6.39. The highest BCUT2D eigenvalue weighted by Gasteiger charge is 2.28. The fraction of sp³-hybridized carbons (Fsp3) is 0.583. The molecule has 5 heteroatoms. The molecule has 0 aliphatic carbocycles. The van der Waals surface area contributed by atoms with Crippen molar-refractivity contribution in [1.82, 2.24) is 9.88 Å². The largest absolute Gasteiger partial charge is 0.383 e. The fourth-order valence-electron chi connectivity index (χ4n) is 2.30. The second kappa shape index (κ2) is 5.25. The van der Waals surface area contributed by atoms with Crippen LogP contribution >= 0.6 is 11.8 Å². The molecule has 4 N–H and O–H groups in total. The minimum Gasteiger partial charge on any atom is -0.383 e. The van der Waals surface area contributed by atoms with Gasteiger partial charge in [-0.05, 0) is 25.6 Å². The van der Waals surface area contributed by atoms with E-state index in [2.05, 4.69) is 16.9 Å². The summed E-state index contributed by atoms with van der Waals surface area (Å²) in [7, 11) is 2.13. The molecule has 0 radical (unpaired) electrons. The summed E-state index contributed by atoms with van der Waals surface area (Å²) < 4.78 is 0. The first-order valence-electron chi connectivity index (χ1n) is 5.86. The lowest BCUT2D eigenvalue weighted by molar-refractivity contribution is 0.237. The van der Waals surface area contributed by atoms with E-state index in [-0.39, 0.29) is 6.04 Å². The molecule has 0 saturated carbocycles. The van der Waals surface area contributed by atoms with Crippen molar-refractivity contribution in [2.45, 2.75) is 19.0 Å². The van der Waals surface area contributed by atoms with Crippen LogP contribution in [0.1, 0.15) is 17.2 Å². The number of nitrogens with zero attached hydrogens (tertiary/aromatic N) is 2. The summed E-state index contributed by atoms with van der Waals surface area (Å²) in [6, 6.07) is 2.27. The van der Waals surface area contributed by atoms with E-state index in [0.717, 1.165) is 23.4 Å². The van der Waals surface area contributed by atoms with Crippen molar-refractivity contribution >= 4 is 17.6 Å². The molecule has 1 aromatic rings. The Hall–Kier alpha value is -0.780. The van der Waals surface area contributed by atoms with Crippen LogP contribution in [0, 0.1) is 6.92 Å². The van der Waals surface area contributed by atoms with Crippen LogP contribution in [-0.2, 0) is 0 Å². The molecule has 1 aliphatic rings. The predicted octanol–water partition coefficient (Wildman–Crippen LogP) is 1.02. The maximum Gasteiger partial charge on any atom is 0.128 e. The van der Waals surface area contributed by atoms with Crippen molar-refractivity contribution in [2.24, 2.45) is 5.73 Å². The van der Waals surface area contributed by atoms with E-state index in [9.17, 15) is 0 Å². The van der Waals surface area contributed by atoms with Gasteiger partial charge in [0.1, 0.15) is 5.82 Å². The topological polar surface area (TPSA) is 68.2 Å². The molecule has 1 aliphatic heterocycles.